The second-order valence-corrected chi connectivity index (χ2v) is 14.2. The number of allylic oxidation sites excluding steroid dienone is 2. The minimum Gasteiger partial charge on any atom is -0.396 e. The van der Waals surface area contributed by atoms with Crippen molar-refractivity contribution >= 4 is 0 Å². The lowest BCUT2D eigenvalue weighted by molar-refractivity contribution is -0.242. The average Bonchev–Trinajstić information content (AvgIpc) is 3.14. The lowest BCUT2D eigenvalue weighted by Crippen LogP contribution is -2.66. The van der Waals surface area contributed by atoms with Crippen molar-refractivity contribution in [2.75, 3.05) is 13.2 Å². The van der Waals surface area contributed by atoms with Gasteiger partial charge in [0.05, 0.1) is 18.3 Å². The largest absolute Gasteiger partial charge is 0.396 e. The molecule has 0 aromatic rings. The number of hydrogen-bond acceptors (Lipinski definition) is 4. The smallest absolute Gasteiger partial charge is 0.0911 e. The van der Waals surface area contributed by atoms with Crippen molar-refractivity contribution in [2.45, 2.75) is 117 Å². The molecule has 4 aliphatic rings. The molecule has 4 saturated carbocycles. The predicted octanol–water partition coefficient (Wildman–Crippen LogP) is 5.47. The van der Waals surface area contributed by atoms with Crippen LogP contribution >= 0.6 is 0 Å². The Morgan fingerprint density at radius 3 is 2.18 bits per heavy atom. The van der Waals surface area contributed by atoms with E-state index in [0.29, 0.717) is 24.2 Å². The van der Waals surface area contributed by atoms with Gasteiger partial charge in [0.25, 0.3) is 0 Å². The summed E-state index contributed by atoms with van der Waals surface area (Å²) in [6.07, 6.45) is 11.5. The average molecular weight is 477 g/mol. The molecule has 4 nitrogen and oxygen atoms in total. The van der Waals surface area contributed by atoms with Gasteiger partial charge in [-0.05, 0) is 118 Å². The maximum absolute atomic E-state index is 11.7. The number of hydrogen-bond donors (Lipinski definition) is 4. The monoisotopic (exact) mass is 476 g/mol. The van der Waals surface area contributed by atoms with Gasteiger partial charge in [0, 0.05) is 12.0 Å². The molecular formula is C30H52O4. The summed E-state index contributed by atoms with van der Waals surface area (Å²) in [6.45, 7) is 13.7. The van der Waals surface area contributed by atoms with Crippen LogP contribution in [-0.2, 0) is 0 Å². The molecule has 196 valence electrons. The highest BCUT2D eigenvalue weighted by atomic mass is 16.3. The highest BCUT2D eigenvalue weighted by Gasteiger charge is 2.70. The van der Waals surface area contributed by atoms with Crippen molar-refractivity contribution in [3.05, 3.63) is 11.6 Å². The zero-order chi connectivity index (χ0) is 25.2. The normalized spacial score (nSPS) is 47.2. The Bertz CT molecular complexity index is 787. The molecular weight excluding hydrogens is 424 g/mol. The Morgan fingerprint density at radius 1 is 0.882 bits per heavy atom. The highest BCUT2D eigenvalue weighted by Crippen LogP contribution is 2.75. The van der Waals surface area contributed by atoms with Crippen LogP contribution in [0.3, 0.4) is 0 Å². The summed E-state index contributed by atoms with van der Waals surface area (Å²) in [7, 11) is 0. The summed E-state index contributed by atoms with van der Waals surface area (Å²) >= 11 is 0. The van der Waals surface area contributed by atoms with Crippen LogP contribution < -0.4 is 0 Å². The Morgan fingerprint density at radius 2 is 1.56 bits per heavy atom. The van der Waals surface area contributed by atoms with Crippen LogP contribution in [-0.4, -0.2) is 45.3 Å². The van der Waals surface area contributed by atoms with Crippen LogP contribution in [0.15, 0.2) is 11.6 Å². The summed E-state index contributed by atoms with van der Waals surface area (Å²) in [5.41, 5.74) is 0.182. The lowest BCUT2D eigenvalue weighted by atomic mass is 9.35. The second-order valence-electron chi connectivity index (χ2n) is 14.2. The minimum atomic E-state index is -1.01. The molecule has 0 amide bonds. The van der Waals surface area contributed by atoms with Crippen LogP contribution in [0.2, 0.25) is 0 Å². The molecule has 4 aliphatic carbocycles. The molecule has 0 radical (unpaired) electrons. The zero-order valence-electron chi connectivity index (χ0n) is 22.7. The summed E-state index contributed by atoms with van der Waals surface area (Å²) in [5.74, 6) is 1.34. The molecule has 0 aromatic heterocycles. The van der Waals surface area contributed by atoms with E-state index >= 15 is 0 Å². The van der Waals surface area contributed by atoms with Crippen molar-refractivity contribution in [3.8, 4) is 0 Å². The Labute approximate surface area is 208 Å². The van der Waals surface area contributed by atoms with E-state index in [1.165, 1.54) is 5.57 Å². The van der Waals surface area contributed by atoms with Crippen LogP contribution in [0.1, 0.15) is 106 Å². The molecule has 4 heteroatoms. The predicted molar refractivity (Wildman–Crippen MR) is 137 cm³/mol. The maximum Gasteiger partial charge on any atom is 0.0911 e. The molecule has 34 heavy (non-hydrogen) atoms. The van der Waals surface area contributed by atoms with Gasteiger partial charge in [0.15, 0.2) is 0 Å². The van der Waals surface area contributed by atoms with Crippen molar-refractivity contribution < 1.29 is 20.4 Å². The first-order valence-corrected chi connectivity index (χ1v) is 14.1. The molecule has 0 heterocycles. The SMILES string of the molecule is CC(C)=CCC[C@@](O)(CO)[C@H]1CC[C@]2(C)[C@@H]1CC[C@@H]1[C@@]3(CO)CC[C@H](O)C(C)(C)[C@@H]3CC[C@]12C. The number of fused-ring (bicyclic) bond motifs is 5. The van der Waals surface area contributed by atoms with E-state index in [-0.39, 0.29) is 46.9 Å². The molecule has 4 N–H and O–H groups in total. The van der Waals surface area contributed by atoms with Crippen molar-refractivity contribution in [3.63, 3.8) is 0 Å². The molecule has 9 atom stereocenters. The van der Waals surface area contributed by atoms with E-state index in [2.05, 4.69) is 47.6 Å². The molecule has 0 bridgehead atoms. The second kappa shape index (κ2) is 8.85. The van der Waals surface area contributed by atoms with Crippen LogP contribution in [0, 0.1) is 45.3 Å². The van der Waals surface area contributed by atoms with Gasteiger partial charge in [-0.1, -0.05) is 39.3 Å². The fraction of sp³-hybridized carbons (Fsp3) is 0.933. The Hall–Kier alpha value is -0.420. The van der Waals surface area contributed by atoms with Gasteiger partial charge in [-0.3, -0.25) is 0 Å². The van der Waals surface area contributed by atoms with Crippen molar-refractivity contribution in [1.29, 1.82) is 0 Å². The van der Waals surface area contributed by atoms with E-state index in [1.807, 2.05) is 0 Å². The fourth-order valence-corrected chi connectivity index (χ4v) is 10.3. The van der Waals surface area contributed by atoms with Gasteiger partial charge in [0.2, 0.25) is 0 Å². The first-order chi connectivity index (χ1) is 15.8. The lowest BCUT2D eigenvalue weighted by Gasteiger charge is -2.70. The third-order valence-electron chi connectivity index (χ3n) is 12.5. The van der Waals surface area contributed by atoms with Gasteiger partial charge in [0.1, 0.15) is 0 Å². The standard InChI is InChI=1S/C30H52O4/c1-20(2)8-7-14-30(34,19-32)22-11-15-27(5)21(22)9-10-24-28(27,6)16-12-23-26(3,4)25(33)13-17-29(23,24)18-31/h8,21-25,31-34H,7,9-19H2,1-6H3/t21-,22+,23+,24+,25+,27-,28-,29-,30-/m1/s1. The highest BCUT2D eigenvalue weighted by molar-refractivity contribution is 5.19. The van der Waals surface area contributed by atoms with E-state index < -0.39 is 5.60 Å². The molecule has 4 rings (SSSR count). The molecule has 0 aromatic carbocycles. The van der Waals surface area contributed by atoms with Crippen LogP contribution in [0.4, 0.5) is 0 Å². The summed E-state index contributed by atoms with van der Waals surface area (Å²) in [6, 6.07) is 0. The van der Waals surface area contributed by atoms with Crippen molar-refractivity contribution in [1.82, 2.24) is 0 Å². The third kappa shape index (κ3) is 3.60. The van der Waals surface area contributed by atoms with Gasteiger partial charge >= 0.3 is 0 Å². The molecule has 0 saturated heterocycles. The quantitative estimate of drug-likeness (QED) is 0.383. The van der Waals surface area contributed by atoms with E-state index in [1.54, 1.807) is 0 Å². The molecule has 4 fully saturated rings. The molecule has 0 spiro atoms. The van der Waals surface area contributed by atoms with Gasteiger partial charge < -0.3 is 20.4 Å². The number of aliphatic hydroxyl groups excluding tert-OH is 3. The summed E-state index contributed by atoms with van der Waals surface area (Å²) < 4.78 is 0. The van der Waals surface area contributed by atoms with Crippen LogP contribution in [0.5, 0.6) is 0 Å². The number of rotatable bonds is 6. The topological polar surface area (TPSA) is 80.9 Å². The fourth-order valence-electron chi connectivity index (χ4n) is 10.3. The Balaban J connectivity index is 1.66. The van der Waals surface area contributed by atoms with E-state index in [0.717, 1.165) is 57.8 Å². The van der Waals surface area contributed by atoms with Gasteiger partial charge in [-0.2, -0.15) is 0 Å². The summed E-state index contributed by atoms with van der Waals surface area (Å²) in [5, 5.41) is 43.9. The van der Waals surface area contributed by atoms with Gasteiger partial charge in [-0.15, -0.1) is 0 Å². The molecule has 0 unspecified atom stereocenters. The summed E-state index contributed by atoms with van der Waals surface area (Å²) in [4.78, 5) is 0. The van der Waals surface area contributed by atoms with Crippen molar-refractivity contribution in [2.24, 2.45) is 45.3 Å². The molecule has 0 aliphatic heterocycles. The first-order valence-electron chi connectivity index (χ1n) is 14.1. The third-order valence-corrected chi connectivity index (χ3v) is 12.5. The first kappa shape index (κ1) is 26.6. The number of aliphatic hydroxyl groups is 4. The van der Waals surface area contributed by atoms with Crippen LogP contribution in [0.25, 0.3) is 0 Å². The maximum atomic E-state index is 11.7. The Kier molecular flexibility index (Phi) is 6.94. The van der Waals surface area contributed by atoms with E-state index in [4.69, 9.17) is 0 Å². The minimum absolute atomic E-state index is 0.105. The van der Waals surface area contributed by atoms with Gasteiger partial charge in [-0.25, -0.2) is 0 Å². The zero-order valence-corrected chi connectivity index (χ0v) is 22.7. The van der Waals surface area contributed by atoms with E-state index in [9.17, 15) is 20.4 Å².